The Hall–Kier alpha value is -2.40. The zero-order valence-corrected chi connectivity index (χ0v) is 19.0. The van der Waals surface area contributed by atoms with Crippen LogP contribution in [-0.2, 0) is 20.9 Å². The molecule has 5 nitrogen and oxygen atoms in total. The number of carbonyl (C=O) groups is 1. The van der Waals surface area contributed by atoms with Crippen molar-refractivity contribution >= 4 is 35.0 Å². The number of benzene rings is 1. The molecule has 34 heavy (non-hydrogen) atoms. The van der Waals surface area contributed by atoms with Crippen LogP contribution in [-0.4, -0.2) is 52.3 Å². The first-order chi connectivity index (χ1) is 16.0. The third-order valence-corrected chi connectivity index (χ3v) is 7.88. The maximum atomic E-state index is 15.2. The van der Waals surface area contributed by atoms with E-state index < -0.39 is 34.7 Å². The summed E-state index contributed by atoms with van der Waals surface area (Å²) in [5.41, 5.74) is -4.76. The highest BCUT2D eigenvalue weighted by molar-refractivity contribution is 8.00. The minimum Gasteiger partial charge on any atom is -0.374 e. The van der Waals surface area contributed by atoms with Crippen molar-refractivity contribution in [1.29, 1.82) is 0 Å². The predicted octanol–water partition coefficient (Wildman–Crippen LogP) is 4.83. The van der Waals surface area contributed by atoms with Gasteiger partial charge in [-0.3, -0.25) is 9.78 Å². The van der Waals surface area contributed by atoms with E-state index in [1.807, 2.05) is 0 Å². The number of likely N-dealkylation sites (tertiary alicyclic amines) is 1. The first kappa shape index (κ1) is 23.3. The molecule has 180 valence electrons. The number of carbonyl (C=O) groups excluding carboxylic acids is 1. The zero-order valence-electron chi connectivity index (χ0n) is 17.4. The van der Waals surface area contributed by atoms with Gasteiger partial charge >= 0.3 is 6.18 Å². The lowest BCUT2D eigenvalue weighted by Crippen LogP contribution is -2.61. The van der Waals surface area contributed by atoms with Crippen molar-refractivity contribution in [2.24, 2.45) is 11.1 Å². The van der Waals surface area contributed by atoms with Gasteiger partial charge in [0.25, 0.3) is 5.60 Å². The molecule has 0 spiro atoms. The Bertz CT molecular complexity index is 1170. The van der Waals surface area contributed by atoms with Gasteiger partial charge in [0.2, 0.25) is 5.91 Å². The van der Waals surface area contributed by atoms with Crippen LogP contribution in [0.1, 0.15) is 23.2 Å². The highest BCUT2D eigenvalue weighted by atomic mass is 35.5. The number of aromatic nitrogens is 1. The summed E-state index contributed by atoms with van der Waals surface area (Å²) in [5, 5.41) is 3.15. The van der Waals surface area contributed by atoms with Crippen LogP contribution in [0, 0.1) is 11.7 Å². The van der Waals surface area contributed by atoms with E-state index in [1.54, 1.807) is 11.8 Å². The normalized spacial score (nSPS) is 24.2. The largest absolute Gasteiger partial charge is 0.435 e. The van der Waals surface area contributed by atoms with Crippen molar-refractivity contribution in [1.82, 2.24) is 9.88 Å². The smallest absolute Gasteiger partial charge is 0.374 e. The summed E-state index contributed by atoms with van der Waals surface area (Å²) < 4.78 is 70.9. The Morgan fingerprint density at radius 3 is 2.50 bits per heavy atom. The quantitative estimate of drug-likeness (QED) is 0.545. The summed E-state index contributed by atoms with van der Waals surface area (Å²) in [4.78, 5) is 22.7. The second-order valence-electron chi connectivity index (χ2n) is 8.59. The standard InChI is InChI=1S/C22H17ClF5N3O2S/c23-15-5-14(2-3-16(15)24)21(22(26,27)28)6-17(30-33-21)12-1-4-18(29-7-12)20(25)10-31(11-20)19(32)13-8-34-9-13/h1-5,7,13H,6,8-11H2. The van der Waals surface area contributed by atoms with Crippen LogP contribution in [0.15, 0.2) is 41.7 Å². The second-order valence-corrected chi connectivity index (χ2v) is 10.1. The fourth-order valence-corrected chi connectivity index (χ4v) is 5.09. The molecular weight excluding hydrogens is 501 g/mol. The summed E-state index contributed by atoms with van der Waals surface area (Å²) in [5.74, 6) is 0.509. The maximum Gasteiger partial charge on any atom is 0.435 e. The molecule has 1 aromatic carbocycles. The molecule has 2 fully saturated rings. The average molecular weight is 518 g/mol. The molecule has 0 aliphatic carbocycles. The SMILES string of the molecule is O=C(C1CSC1)N1CC(F)(c2ccc(C3=NOC(c4ccc(F)c(Cl)c4)(C(F)(F)F)C3)cn2)C1. The van der Waals surface area contributed by atoms with Crippen molar-refractivity contribution in [2.75, 3.05) is 24.6 Å². The summed E-state index contributed by atoms with van der Waals surface area (Å²) in [6, 6.07) is 5.44. The molecule has 5 rings (SSSR count). The predicted molar refractivity (Wildman–Crippen MR) is 116 cm³/mol. The van der Waals surface area contributed by atoms with Crippen molar-refractivity contribution in [2.45, 2.75) is 23.9 Å². The minimum atomic E-state index is -4.88. The fraction of sp³-hybridized carbons (Fsp3) is 0.409. The molecule has 0 N–H and O–H groups in total. The highest BCUT2D eigenvalue weighted by Crippen LogP contribution is 2.49. The highest BCUT2D eigenvalue weighted by Gasteiger charge is 2.62. The molecule has 1 atom stereocenters. The number of halogens is 6. The average Bonchev–Trinajstić information content (AvgIpc) is 3.19. The van der Waals surface area contributed by atoms with E-state index in [0.29, 0.717) is 0 Å². The van der Waals surface area contributed by atoms with Gasteiger partial charge in [-0.2, -0.15) is 24.9 Å². The van der Waals surface area contributed by atoms with Crippen LogP contribution in [0.5, 0.6) is 0 Å². The molecule has 0 radical (unpaired) electrons. The number of hydrogen-bond acceptors (Lipinski definition) is 5. The number of nitrogens with zero attached hydrogens (tertiary/aromatic N) is 3. The Labute approximate surface area is 200 Å². The van der Waals surface area contributed by atoms with Crippen molar-refractivity contribution in [3.8, 4) is 0 Å². The van der Waals surface area contributed by atoms with Gasteiger partial charge in [-0.05, 0) is 24.3 Å². The lowest BCUT2D eigenvalue weighted by Gasteiger charge is -2.46. The van der Waals surface area contributed by atoms with Crippen molar-refractivity contribution in [3.63, 3.8) is 0 Å². The van der Waals surface area contributed by atoms with Gasteiger partial charge in [0.1, 0.15) is 5.82 Å². The third-order valence-electron chi connectivity index (χ3n) is 6.31. The molecule has 12 heteroatoms. The second kappa shape index (κ2) is 8.08. The van der Waals surface area contributed by atoms with Gasteiger partial charge in [-0.15, -0.1) is 0 Å². The molecule has 1 unspecified atom stereocenters. The van der Waals surface area contributed by atoms with Gasteiger partial charge in [0.05, 0.1) is 41.9 Å². The summed E-state index contributed by atoms with van der Waals surface area (Å²) in [7, 11) is 0. The van der Waals surface area contributed by atoms with Crippen LogP contribution in [0.4, 0.5) is 22.0 Å². The third kappa shape index (κ3) is 3.73. The number of pyridine rings is 1. The maximum absolute atomic E-state index is 15.2. The lowest BCUT2D eigenvalue weighted by molar-refractivity contribution is -0.275. The molecule has 1 amide bonds. The van der Waals surface area contributed by atoms with Crippen molar-refractivity contribution in [3.05, 3.63) is 64.2 Å². The van der Waals surface area contributed by atoms with Gasteiger partial charge in [-0.25, -0.2) is 8.78 Å². The van der Waals surface area contributed by atoms with Gasteiger partial charge in [0, 0.05) is 28.8 Å². The van der Waals surface area contributed by atoms with E-state index in [1.165, 1.54) is 23.2 Å². The van der Waals surface area contributed by atoms with Crippen LogP contribution in [0.3, 0.4) is 0 Å². The number of rotatable bonds is 4. The Kier molecular flexibility index (Phi) is 5.55. The van der Waals surface area contributed by atoms with E-state index in [2.05, 4.69) is 10.1 Å². The Balaban J connectivity index is 1.32. The number of hydrogen-bond donors (Lipinski definition) is 0. The molecule has 1 aromatic heterocycles. The van der Waals surface area contributed by atoms with Crippen LogP contribution >= 0.6 is 23.4 Å². The van der Waals surface area contributed by atoms with E-state index in [0.717, 1.165) is 29.7 Å². The van der Waals surface area contributed by atoms with Crippen molar-refractivity contribution < 1.29 is 31.6 Å². The number of alkyl halides is 4. The molecule has 0 bridgehead atoms. The first-order valence-corrected chi connectivity index (χ1v) is 11.9. The minimum absolute atomic E-state index is 0.0439. The van der Waals surface area contributed by atoms with E-state index in [-0.39, 0.29) is 47.4 Å². The summed E-state index contributed by atoms with van der Waals surface area (Å²) >= 11 is 7.36. The van der Waals surface area contributed by atoms with Crippen LogP contribution in [0.2, 0.25) is 5.02 Å². The molecule has 4 heterocycles. The Morgan fingerprint density at radius 2 is 1.94 bits per heavy atom. The molecule has 3 aliphatic heterocycles. The molecule has 0 saturated carbocycles. The van der Waals surface area contributed by atoms with Crippen LogP contribution in [0.25, 0.3) is 0 Å². The molecular formula is C22H17ClF5N3O2S. The number of thioether (sulfide) groups is 1. The number of oxime groups is 1. The van der Waals surface area contributed by atoms with E-state index in [4.69, 9.17) is 16.4 Å². The van der Waals surface area contributed by atoms with E-state index in [9.17, 15) is 22.4 Å². The van der Waals surface area contributed by atoms with Gasteiger partial charge in [-0.1, -0.05) is 22.8 Å². The first-order valence-electron chi connectivity index (χ1n) is 10.3. The summed E-state index contributed by atoms with van der Waals surface area (Å²) in [6.07, 6.45) is -4.34. The summed E-state index contributed by atoms with van der Waals surface area (Å²) in [6.45, 7) is -0.210. The lowest BCUT2D eigenvalue weighted by atomic mass is 9.86. The van der Waals surface area contributed by atoms with Gasteiger partial charge in [0.15, 0.2) is 5.67 Å². The van der Waals surface area contributed by atoms with Gasteiger partial charge < -0.3 is 9.74 Å². The van der Waals surface area contributed by atoms with E-state index >= 15 is 4.39 Å². The topological polar surface area (TPSA) is 54.8 Å². The zero-order chi connectivity index (χ0) is 24.3. The molecule has 2 aromatic rings. The Morgan fingerprint density at radius 1 is 1.21 bits per heavy atom. The monoisotopic (exact) mass is 517 g/mol. The van der Waals surface area contributed by atoms with Crippen LogP contribution < -0.4 is 0 Å². The number of amides is 1. The molecule has 3 aliphatic rings. The fourth-order valence-electron chi connectivity index (χ4n) is 4.15. The molecule has 2 saturated heterocycles.